The third-order valence-corrected chi connectivity index (χ3v) is 0.650. The zero-order valence-electron chi connectivity index (χ0n) is 5.86. The molecule has 0 aliphatic rings. The molecule has 0 aromatic carbocycles. The van der Waals surface area contributed by atoms with Gasteiger partial charge in [0.25, 0.3) is 0 Å². The summed E-state index contributed by atoms with van der Waals surface area (Å²) in [6, 6.07) is 0. The van der Waals surface area contributed by atoms with E-state index in [0.29, 0.717) is 0 Å². The quantitative estimate of drug-likeness (QED) is 0.427. The Morgan fingerprint density at radius 2 is 2.11 bits per heavy atom. The van der Waals surface area contributed by atoms with Crippen LogP contribution in [0.4, 0.5) is 0 Å². The van der Waals surface area contributed by atoms with Gasteiger partial charge in [-0.1, -0.05) is 24.8 Å². The molecule has 0 atom stereocenters. The van der Waals surface area contributed by atoms with Crippen LogP contribution in [-0.4, -0.2) is 0 Å². The molecule has 0 aromatic rings. The first-order valence-electron chi connectivity index (χ1n) is 3.01. The lowest BCUT2D eigenvalue weighted by Crippen LogP contribution is -1.52. The predicted octanol–water partition coefficient (Wildman–Crippen LogP) is 1.98. The summed E-state index contributed by atoms with van der Waals surface area (Å²) < 4.78 is 0. The Kier molecular flexibility index (Phi) is 5.99. The number of allylic oxidation sites excluding steroid dienone is 2. The van der Waals surface area contributed by atoms with Crippen molar-refractivity contribution in [1.29, 1.82) is 0 Å². The van der Waals surface area contributed by atoms with Crippen molar-refractivity contribution in [2.75, 3.05) is 0 Å². The average Bonchev–Trinajstić information content (AvgIpc) is 1.89. The van der Waals surface area contributed by atoms with Crippen molar-refractivity contribution < 1.29 is 0 Å². The first-order valence-corrected chi connectivity index (χ1v) is 3.01. The van der Waals surface area contributed by atoms with E-state index in [9.17, 15) is 0 Å². The summed E-state index contributed by atoms with van der Waals surface area (Å²) >= 11 is 0. The molecule has 46 valence electrons. The Bertz CT molecular complexity index is 188. The molecule has 0 heteroatoms. The highest BCUT2D eigenvalue weighted by atomic mass is 13.6. The highest BCUT2D eigenvalue weighted by Crippen LogP contribution is 1.66. The van der Waals surface area contributed by atoms with Gasteiger partial charge in [0.1, 0.15) is 0 Å². The van der Waals surface area contributed by atoms with Gasteiger partial charge in [0.15, 0.2) is 0 Å². The van der Waals surface area contributed by atoms with E-state index < -0.39 is 0 Å². The largest absolute Gasteiger partial charge is 0.0894 e. The Labute approximate surface area is 57.0 Å². The van der Waals surface area contributed by atoms with Gasteiger partial charge in [-0.15, -0.1) is 0 Å². The van der Waals surface area contributed by atoms with Gasteiger partial charge in [0, 0.05) is 6.42 Å². The molecule has 0 radical (unpaired) electrons. The van der Waals surface area contributed by atoms with Gasteiger partial charge >= 0.3 is 0 Å². The van der Waals surface area contributed by atoms with Gasteiger partial charge in [-0.3, -0.25) is 0 Å². The average molecular weight is 118 g/mol. The van der Waals surface area contributed by atoms with Crippen LogP contribution in [0.25, 0.3) is 0 Å². The third kappa shape index (κ3) is 6.86. The lowest BCUT2D eigenvalue weighted by atomic mass is 10.4. The molecule has 9 heavy (non-hydrogen) atoms. The monoisotopic (exact) mass is 118 g/mol. The van der Waals surface area contributed by atoms with Gasteiger partial charge in [-0.05, 0) is 24.8 Å². The minimum Gasteiger partial charge on any atom is -0.0894 e. The molecule has 0 fully saturated rings. The molecular formula is C9H10. The van der Waals surface area contributed by atoms with Crippen molar-refractivity contribution >= 4 is 0 Å². The molecular weight excluding hydrogens is 108 g/mol. The van der Waals surface area contributed by atoms with E-state index in [-0.39, 0.29) is 0 Å². The summed E-state index contributed by atoms with van der Waals surface area (Å²) in [5.41, 5.74) is 0. The fourth-order valence-electron chi connectivity index (χ4n) is 0.294. The molecule has 0 aliphatic carbocycles. The third-order valence-electron chi connectivity index (χ3n) is 0.650. The van der Waals surface area contributed by atoms with E-state index in [1.54, 1.807) is 6.08 Å². The second kappa shape index (κ2) is 6.86. The van der Waals surface area contributed by atoms with Crippen LogP contribution in [0, 0.1) is 23.7 Å². The molecule has 0 amide bonds. The zero-order chi connectivity index (χ0) is 6.95. The van der Waals surface area contributed by atoms with Crippen molar-refractivity contribution in [3.63, 3.8) is 0 Å². The molecule has 0 spiro atoms. The van der Waals surface area contributed by atoms with Crippen LogP contribution >= 0.6 is 0 Å². The number of hydrogen-bond acceptors (Lipinski definition) is 0. The second-order valence-corrected chi connectivity index (χ2v) is 1.42. The maximum atomic E-state index is 2.85. The summed E-state index contributed by atoms with van der Waals surface area (Å²) in [6.07, 6.45) is 4.55. The number of rotatable bonds is 0. The van der Waals surface area contributed by atoms with Crippen LogP contribution < -0.4 is 0 Å². The fraction of sp³-hybridized carbons (Fsp3) is 0.333. The minimum absolute atomic E-state index is 0.879. The topological polar surface area (TPSA) is 0 Å². The summed E-state index contributed by atoms with van der Waals surface area (Å²) in [5, 5.41) is 0. The van der Waals surface area contributed by atoms with E-state index in [2.05, 4.69) is 23.7 Å². The maximum absolute atomic E-state index is 2.85. The minimum atomic E-state index is 0.879. The van der Waals surface area contributed by atoms with Crippen LogP contribution in [0.1, 0.15) is 20.3 Å². The summed E-state index contributed by atoms with van der Waals surface area (Å²) in [7, 11) is 0. The lowest BCUT2D eigenvalue weighted by Gasteiger charge is -1.62. The first-order chi connectivity index (χ1) is 4.41. The highest BCUT2D eigenvalue weighted by Gasteiger charge is 1.55. The smallest absolute Gasteiger partial charge is 0.00704 e. The first kappa shape index (κ1) is 7.86. The van der Waals surface area contributed by atoms with Crippen molar-refractivity contribution in [1.82, 2.24) is 0 Å². The van der Waals surface area contributed by atoms with Crippen LogP contribution in [0.3, 0.4) is 0 Å². The molecule has 0 rings (SSSR count). The molecule has 0 aliphatic heterocycles. The summed E-state index contributed by atoms with van der Waals surface area (Å²) in [4.78, 5) is 0. The van der Waals surface area contributed by atoms with Crippen molar-refractivity contribution in [2.45, 2.75) is 20.3 Å². The van der Waals surface area contributed by atoms with Crippen molar-refractivity contribution in [2.24, 2.45) is 0 Å². The SMILES string of the molecule is CC=CC#CC#CCC. The molecule has 0 saturated heterocycles. The Morgan fingerprint density at radius 3 is 2.67 bits per heavy atom. The fourth-order valence-corrected chi connectivity index (χ4v) is 0.294. The summed E-state index contributed by atoms with van der Waals surface area (Å²) in [5.74, 6) is 11.0. The van der Waals surface area contributed by atoms with E-state index in [1.165, 1.54) is 0 Å². The molecule has 0 unspecified atom stereocenters. The zero-order valence-corrected chi connectivity index (χ0v) is 5.86. The maximum Gasteiger partial charge on any atom is 0.00704 e. The summed E-state index contributed by atoms with van der Waals surface area (Å²) in [6.45, 7) is 3.94. The van der Waals surface area contributed by atoms with Gasteiger partial charge in [0.2, 0.25) is 0 Å². The van der Waals surface area contributed by atoms with E-state index in [1.807, 2.05) is 19.9 Å². The lowest BCUT2D eigenvalue weighted by molar-refractivity contribution is 1.28. The second-order valence-electron chi connectivity index (χ2n) is 1.42. The molecule has 0 nitrogen and oxygen atoms in total. The van der Waals surface area contributed by atoms with Crippen molar-refractivity contribution in [3.8, 4) is 23.7 Å². The van der Waals surface area contributed by atoms with Crippen molar-refractivity contribution in [3.05, 3.63) is 12.2 Å². The molecule has 0 saturated carbocycles. The molecule has 0 heterocycles. The van der Waals surface area contributed by atoms with Crippen LogP contribution in [0.5, 0.6) is 0 Å². The van der Waals surface area contributed by atoms with Crippen LogP contribution in [-0.2, 0) is 0 Å². The highest BCUT2D eigenvalue weighted by molar-refractivity contribution is 5.30. The van der Waals surface area contributed by atoms with Gasteiger partial charge in [-0.25, -0.2) is 0 Å². The van der Waals surface area contributed by atoms with Gasteiger partial charge in [-0.2, -0.15) is 0 Å². The van der Waals surface area contributed by atoms with E-state index >= 15 is 0 Å². The Morgan fingerprint density at radius 1 is 1.33 bits per heavy atom. The number of hydrogen-bond donors (Lipinski definition) is 0. The Hall–Kier alpha value is -1.14. The normalized spacial score (nSPS) is 7.33. The molecule has 0 aromatic heterocycles. The molecule has 0 N–H and O–H groups in total. The standard InChI is InChI=1S/C9H10/c1-3-5-7-9-8-6-4-2/h3,5H,4H2,1-2H3. The van der Waals surface area contributed by atoms with Crippen LogP contribution in [0.15, 0.2) is 12.2 Å². The predicted molar refractivity (Wildman–Crippen MR) is 40.7 cm³/mol. The Balaban J connectivity index is 3.61. The van der Waals surface area contributed by atoms with Gasteiger partial charge < -0.3 is 0 Å². The van der Waals surface area contributed by atoms with E-state index in [0.717, 1.165) is 6.42 Å². The van der Waals surface area contributed by atoms with Gasteiger partial charge in [0.05, 0.1) is 0 Å². The van der Waals surface area contributed by atoms with E-state index in [4.69, 9.17) is 0 Å². The molecule has 0 bridgehead atoms. The van der Waals surface area contributed by atoms with Crippen LogP contribution in [0.2, 0.25) is 0 Å².